The molecule has 0 radical (unpaired) electrons. The fourth-order valence-electron chi connectivity index (χ4n) is 0. The standard InChI is InChI=1S/BCl4.H3N/c2-1(3,4)5;/h;1H3/q-1;. The zero-order valence-electron chi connectivity index (χ0n) is 2.80. The van der Waals surface area contributed by atoms with Gasteiger partial charge in [-0.2, -0.15) is 0 Å². The lowest BCUT2D eigenvalue weighted by Crippen LogP contribution is -1.91. The SMILES string of the molecule is Cl[B-](Cl)(Cl)Cl.N. The monoisotopic (exact) mass is 168 g/mol. The first kappa shape index (κ1) is 10.2. The van der Waals surface area contributed by atoms with Gasteiger partial charge in [-0.3, -0.25) is 0 Å². The molecule has 0 atom stereocenters. The Bertz CT molecular complexity index is 23.0. The van der Waals surface area contributed by atoms with Crippen LogP contribution in [-0.2, 0) is 0 Å². The maximum Gasteiger partial charge on any atom is 0.328 e. The summed E-state index contributed by atoms with van der Waals surface area (Å²) in [6.07, 6.45) is 0. The lowest BCUT2D eigenvalue weighted by atomic mass is 10.7. The van der Waals surface area contributed by atoms with Gasteiger partial charge in [-0.15, -0.1) is 0 Å². The predicted octanol–water partition coefficient (Wildman–Crippen LogP) is 2.54. The van der Waals surface area contributed by atoms with Crippen molar-refractivity contribution in [1.82, 2.24) is 6.15 Å². The van der Waals surface area contributed by atoms with Crippen LogP contribution < -0.4 is 6.15 Å². The first-order valence-corrected chi connectivity index (χ1v) is 2.62. The van der Waals surface area contributed by atoms with Gasteiger partial charge in [0.05, 0.1) is 0 Å². The molecule has 3 N–H and O–H groups in total. The third-order valence-corrected chi connectivity index (χ3v) is 0. The molecule has 6 heavy (non-hydrogen) atoms. The minimum atomic E-state index is -2.11. The summed E-state index contributed by atoms with van der Waals surface area (Å²) < 4.78 is -2.11. The Kier molecular flexibility index (Phi) is 5.49. The van der Waals surface area contributed by atoms with Crippen molar-refractivity contribution in [2.45, 2.75) is 0 Å². The van der Waals surface area contributed by atoms with Gasteiger partial charge in [-0.05, 0) is 0 Å². The fourth-order valence-corrected chi connectivity index (χ4v) is 0. The van der Waals surface area contributed by atoms with E-state index in [4.69, 9.17) is 45.8 Å². The summed E-state index contributed by atoms with van der Waals surface area (Å²) in [6, 6.07) is 0. The molecule has 0 heterocycles. The molecular weight excluding hydrogens is 167 g/mol. The Morgan fingerprint density at radius 3 is 0.833 bits per heavy atom. The van der Waals surface area contributed by atoms with Crippen LogP contribution in [0, 0.1) is 0 Å². The highest BCUT2D eigenvalue weighted by atomic mass is 35.6. The largest absolute Gasteiger partial charge is 0.344 e. The third kappa shape index (κ3) is 64.7. The molecule has 0 bridgehead atoms. The van der Waals surface area contributed by atoms with Gasteiger partial charge < -0.3 is 52.0 Å². The Labute approximate surface area is 56.0 Å². The highest BCUT2D eigenvalue weighted by Gasteiger charge is 2.03. The fraction of sp³-hybridized carbons (Fsp3) is 0. The second kappa shape index (κ2) is 3.22. The molecule has 0 aromatic carbocycles. The maximum absolute atomic E-state index is 4.89. The van der Waals surface area contributed by atoms with Gasteiger partial charge in [0.15, 0.2) is 0 Å². The minimum Gasteiger partial charge on any atom is -0.344 e. The first-order valence-electron chi connectivity index (χ1n) is 0.873. The first-order chi connectivity index (χ1) is 2.00. The summed E-state index contributed by atoms with van der Waals surface area (Å²) in [6.45, 7) is 0. The molecule has 0 aromatic heterocycles. The lowest BCUT2D eigenvalue weighted by molar-refractivity contribution is 2.13. The molecule has 0 rings (SSSR count). The highest BCUT2D eigenvalue weighted by Crippen LogP contribution is 2.23. The molecule has 0 aliphatic rings. The summed E-state index contributed by atoms with van der Waals surface area (Å²) in [4.78, 5) is 0. The van der Waals surface area contributed by atoms with E-state index in [0.717, 1.165) is 0 Å². The van der Waals surface area contributed by atoms with Crippen molar-refractivity contribution >= 4 is 49.6 Å². The molecule has 0 saturated heterocycles. The zero-order chi connectivity index (χ0) is 4.50. The molecule has 6 heteroatoms. The third-order valence-electron chi connectivity index (χ3n) is 0. The predicted molar refractivity (Wildman–Crippen MR) is 34.2 cm³/mol. The molecule has 0 aliphatic carbocycles. The van der Waals surface area contributed by atoms with Gasteiger partial charge in [-0.25, -0.2) is 0 Å². The van der Waals surface area contributed by atoms with Gasteiger partial charge in [-0.1, -0.05) is 0 Å². The number of hydrogen-bond acceptors (Lipinski definition) is 1. The molecule has 0 unspecified atom stereocenters. The van der Waals surface area contributed by atoms with Gasteiger partial charge in [0.25, 0.3) is 0 Å². The van der Waals surface area contributed by atoms with Crippen LogP contribution in [0.15, 0.2) is 0 Å². The van der Waals surface area contributed by atoms with Crippen molar-refractivity contribution in [1.29, 1.82) is 0 Å². The summed E-state index contributed by atoms with van der Waals surface area (Å²) >= 11 is 19.6. The summed E-state index contributed by atoms with van der Waals surface area (Å²) in [5, 5.41) is 0. The van der Waals surface area contributed by atoms with E-state index in [1.807, 2.05) is 0 Å². The maximum atomic E-state index is 4.89. The second-order valence-electron chi connectivity index (χ2n) is 0.495. The molecule has 0 amide bonds. The molecule has 40 valence electrons. The van der Waals surface area contributed by atoms with Crippen molar-refractivity contribution in [2.24, 2.45) is 0 Å². The molecule has 1 nitrogen and oxygen atoms in total. The van der Waals surface area contributed by atoms with Crippen LogP contribution in [-0.4, -0.2) is 3.81 Å². The normalized spacial score (nSPS) is 10.0. The quantitative estimate of drug-likeness (QED) is 0.556. The van der Waals surface area contributed by atoms with E-state index < -0.39 is 3.81 Å². The van der Waals surface area contributed by atoms with E-state index in [0.29, 0.717) is 0 Å². The molecule has 0 saturated carbocycles. The Balaban J connectivity index is 0. The molecule has 0 aromatic rings. The van der Waals surface area contributed by atoms with Crippen molar-refractivity contribution < 1.29 is 0 Å². The Hall–Kier alpha value is 1.18. The second-order valence-corrected chi connectivity index (χ2v) is 4.45. The number of halogens is 4. The summed E-state index contributed by atoms with van der Waals surface area (Å²) in [5.41, 5.74) is 0. The Morgan fingerprint density at radius 2 is 0.833 bits per heavy atom. The average Bonchev–Trinajstić information content (AvgIpc) is 0.722. The minimum absolute atomic E-state index is 0. The van der Waals surface area contributed by atoms with Crippen LogP contribution in [0.4, 0.5) is 0 Å². The van der Waals surface area contributed by atoms with Gasteiger partial charge in [0.2, 0.25) is 0 Å². The number of rotatable bonds is 0. The van der Waals surface area contributed by atoms with E-state index >= 15 is 0 Å². The average molecular weight is 170 g/mol. The van der Waals surface area contributed by atoms with Crippen LogP contribution in [0.25, 0.3) is 0 Å². The molecular formula is H3BCl4N-. The van der Waals surface area contributed by atoms with Crippen LogP contribution in [0.5, 0.6) is 0 Å². The van der Waals surface area contributed by atoms with E-state index in [2.05, 4.69) is 0 Å². The topological polar surface area (TPSA) is 35.0 Å². The van der Waals surface area contributed by atoms with Crippen LogP contribution in [0.1, 0.15) is 0 Å². The van der Waals surface area contributed by atoms with E-state index in [9.17, 15) is 0 Å². The van der Waals surface area contributed by atoms with Crippen molar-refractivity contribution in [2.75, 3.05) is 0 Å². The lowest BCUT2D eigenvalue weighted by Gasteiger charge is -2.03. The summed E-state index contributed by atoms with van der Waals surface area (Å²) in [5.74, 6) is 0. The molecule has 0 fully saturated rings. The molecule has 0 spiro atoms. The highest BCUT2D eigenvalue weighted by molar-refractivity contribution is 7.81. The van der Waals surface area contributed by atoms with Crippen molar-refractivity contribution in [3.63, 3.8) is 0 Å². The van der Waals surface area contributed by atoms with E-state index in [1.165, 1.54) is 0 Å². The Morgan fingerprint density at radius 1 is 0.833 bits per heavy atom. The van der Waals surface area contributed by atoms with Gasteiger partial charge in [0.1, 0.15) is 0 Å². The van der Waals surface area contributed by atoms with Gasteiger partial charge >= 0.3 is 3.81 Å². The van der Waals surface area contributed by atoms with E-state index in [-0.39, 0.29) is 6.15 Å². The van der Waals surface area contributed by atoms with Crippen molar-refractivity contribution in [3.05, 3.63) is 0 Å². The zero-order valence-corrected chi connectivity index (χ0v) is 5.82. The smallest absolute Gasteiger partial charge is 0.328 e. The van der Waals surface area contributed by atoms with Crippen LogP contribution in [0.2, 0.25) is 0 Å². The van der Waals surface area contributed by atoms with Gasteiger partial charge in [0, 0.05) is 0 Å². The van der Waals surface area contributed by atoms with E-state index in [1.54, 1.807) is 0 Å². The number of hydrogen-bond donors (Lipinski definition) is 1. The van der Waals surface area contributed by atoms with Crippen molar-refractivity contribution in [3.8, 4) is 0 Å². The van der Waals surface area contributed by atoms with Crippen LogP contribution >= 0.6 is 45.8 Å². The van der Waals surface area contributed by atoms with Crippen LogP contribution in [0.3, 0.4) is 0 Å². The summed E-state index contributed by atoms with van der Waals surface area (Å²) in [7, 11) is 0. The molecule has 0 aliphatic heterocycles.